The van der Waals surface area contributed by atoms with Gasteiger partial charge in [0.1, 0.15) is 6.04 Å². The maximum absolute atomic E-state index is 12.1. The highest BCUT2D eigenvalue weighted by atomic mass is 16.4. The molecule has 108 valence electrons. The number of carboxylic acids is 1. The van der Waals surface area contributed by atoms with Crippen molar-refractivity contribution in [1.29, 1.82) is 0 Å². The fourth-order valence-electron chi connectivity index (χ4n) is 2.43. The third-order valence-corrected chi connectivity index (χ3v) is 3.56. The van der Waals surface area contributed by atoms with Crippen LogP contribution in [0.1, 0.15) is 18.9 Å². The highest BCUT2D eigenvalue weighted by Gasteiger charge is 2.29. The molecule has 0 radical (unpaired) electrons. The smallest absolute Gasteiger partial charge is 0.326 e. The highest BCUT2D eigenvalue weighted by molar-refractivity contribution is 5.87. The van der Waals surface area contributed by atoms with Gasteiger partial charge in [0.2, 0.25) is 5.91 Å². The van der Waals surface area contributed by atoms with Gasteiger partial charge in [0, 0.05) is 6.42 Å². The molecule has 0 aliphatic carbocycles. The maximum Gasteiger partial charge on any atom is 0.326 e. The Hall–Kier alpha value is -1.88. The molecule has 1 fully saturated rings. The largest absolute Gasteiger partial charge is 0.480 e. The van der Waals surface area contributed by atoms with Crippen LogP contribution in [0.2, 0.25) is 0 Å². The van der Waals surface area contributed by atoms with Gasteiger partial charge in [0.05, 0.1) is 6.04 Å². The molecule has 3 atom stereocenters. The summed E-state index contributed by atoms with van der Waals surface area (Å²) in [4.78, 5) is 23.3. The number of hydrogen-bond acceptors (Lipinski definition) is 3. The molecule has 1 amide bonds. The quantitative estimate of drug-likeness (QED) is 0.743. The molecule has 1 aliphatic heterocycles. The van der Waals surface area contributed by atoms with E-state index in [-0.39, 0.29) is 11.9 Å². The number of aliphatic carboxylic acids is 1. The van der Waals surface area contributed by atoms with E-state index in [1.807, 2.05) is 30.3 Å². The van der Waals surface area contributed by atoms with E-state index in [0.717, 1.165) is 18.5 Å². The molecule has 20 heavy (non-hydrogen) atoms. The third kappa shape index (κ3) is 3.81. The number of nitrogens with one attached hydrogen (secondary N) is 2. The van der Waals surface area contributed by atoms with Crippen molar-refractivity contribution in [2.75, 3.05) is 6.54 Å². The predicted octanol–water partition coefficient (Wildman–Crippen LogP) is 0.796. The molecule has 5 heteroatoms. The summed E-state index contributed by atoms with van der Waals surface area (Å²) in [7, 11) is 0. The summed E-state index contributed by atoms with van der Waals surface area (Å²) in [6.07, 6.45) is 1.05. The topological polar surface area (TPSA) is 78.4 Å². The van der Waals surface area contributed by atoms with E-state index in [9.17, 15) is 14.7 Å². The molecule has 0 aromatic heterocycles. The molecule has 0 bridgehead atoms. The van der Waals surface area contributed by atoms with Crippen LogP contribution in [-0.4, -0.2) is 35.6 Å². The first-order valence-electron chi connectivity index (χ1n) is 6.86. The number of carbonyl (C=O) groups is 2. The number of carbonyl (C=O) groups excluding carboxylic acids is 1. The Morgan fingerprint density at radius 2 is 2.10 bits per heavy atom. The number of benzene rings is 1. The molecule has 5 nitrogen and oxygen atoms in total. The van der Waals surface area contributed by atoms with Crippen LogP contribution in [0.5, 0.6) is 0 Å². The lowest BCUT2D eigenvalue weighted by atomic mass is 10.0. The Balaban J connectivity index is 1.96. The Morgan fingerprint density at radius 3 is 2.65 bits per heavy atom. The minimum absolute atomic E-state index is 0.224. The molecule has 3 N–H and O–H groups in total. The van der Waals surface area contributed by atoms with Gasteiger partial charge in [0.15, 0.2) is 0 Å². The third-order valence-electron chi connectivity index (χ3n) is 3.56. The SMILES string of the molecule is C[C@H]1CN[C@H](C(=O)N[C@@H](Cc2ccccc2)C(=O)O)C1. The Labute approximate surface area is 118 Å². The van der Waals surface area contributed by atoms with Crippen molar-refractivity contribution < 1.29 is 14.7 Å². The van der Waals surface area contributed by atoms with E-state index in [1.54, 1.807) is 0 Å². The van der Waals surface area contributed by atoms with Crippen molar-refractivity contribution in [3.63, 3.8) is 0 Å². The summed E-state index contributed by atoms with van der Waals surface area (Å²) in [6.45, 7) is 2.87. The van der Waals surface area contributed by atoms with Crippen LogP contribution in [0.15, 0.2) is 30.3 Å². The molecular weight excluding hydrogens is 256 g/mol. The molecule has 0 spiro atoms. The molecule has 0 unspecified atom stereocenters. The van der Waals surface area contributed by atoms with E-state index in [1.165, 1.54) is 0 Å². The molecule has 0 saturated carbocycles. The molecular formula is C15H20N2O3. The summed E-state index contributed by atoms with van der Waals surface area (Å²) in [5.74, 6) is -0.783. The average molecular weight is 276 g/mol. The fourth-order valence-corrected chi connectivity index (χ4v) is 2.43. The number of amides is 1. The summed E-state index contributed by atoms with van der Waals surface area (Å²) in [6, 6.07) is 8.15. The van der Waals surface area contributed by atoms with E-state index in [4.69, 9.17) is 0 Å². The van der Waals surface area contributed by atoms with Gasteiger partial charge < -0.3 is 15.7 Å². The van der Waals surface area contributed by atoms with Crippen molar-refractivity contribution in [3.05, 3.63) is 35.9 Å². The van der Waals surface area contributed by atoms with Crippen molar-refractivity contribution in [1.82, 2.24) is 10.6 Å². The Kier molecular flexibility index (Phi) is 4.74. The number of hydrogen-bond donors (Lipinski definition) is 3. The predicted molar refractivity (Wildman–Crippen MR) is 75.3 cm³/mol. The van der Waals surface area contributed by atoms with Gasteiger partial charge in [-0.2, -0.15) is 0 Å². The van der Waals surface area contributed by atoms with Crippen LogP contribution in [0.4, 0.5) is 0 Å². The van der Waals surface area contributed by atoms with Crippen LogP contribution < -0.4 is 10.6 Å². The summed E-state index contributed by atoms with van der Waals surface area (Å²) in [5.41, 5.74) is 0.896. The monoisotopic (exact) mass is 276 g/mol. The van der Waals surface area contributed by atoms with Gasteiger partial charge in [-0.1, -0.05) is 37.3 Å². The summed E-state index contributed by atoms with van der Waals surface area (Å²) < 4.78 is 0. The second-order valence-electron chi connectivity index (χ2n) is 5.39. The van der Waals surface area contributed by atoms with Crippen LogP contribution in [0, 0.1) is 5.92 Å². The van der Waals surface area contributed by atoms with E-state index in [2.05, 4.69) is 17.6 Å². The zero-order valence-corrected chi connectivity index (χ0v) is 11.5. The maximum atomic E-state index is 12.1. The van der Waals surface area contributed by atoms with Crippen LogP contribution in [-0.2, 0) is 16.0 Å². The minimum Gasteiger partial charge on any atom is -0.480 e. The van der Waals surface area contributed by atoms with Crippen molar-refractivity contribution in [2.45, 2.75) is 31.8 Å². The number of carboxylic acid groups (broad SMARTS) is 1. The molecule has 1 aliphatic rings. The van der Waals surface area contributed by atoms with E-state index < -0.39 is 12.0 Å². The van der Waals surface area contributed by atoms with Gasteiger partial charge in [-0.3, -0.25) is 4.79 Å². The Morgan fingerprint density at radius 1 is 1.40 bits per heavy atom. The fraction of sp³-hybridized carbons (Fsp3) is 0.467. The van der Waals surface area contributed by atoms with E-state index in [0.29, 0.717) is 12.3 Å². The zero-order valence-electron chi connectivity index (χ0n) is 11.5. The molecule has 1 aromatic carbocycles. The average Bonchev–Trinajstić information content (AvgIpc) is 2.86. The van der Waals surface area contributed by atoms with Gasteiger partial charge >= 0.3 is 5.97 Å². The van der Waals surface area contributed by atoms with Crippen LogP contribution in [0.25, 0.3) is 0 Å². The summed E-state index contributed by atoms with van der Waals surface area (Å²) in [5, 5.41) is 15.0. The lowest BCUT2D eigenvalue weighted by Gasteiger charge is -2.17. The van der Waals surface area contributed by atoms with E-state index >= 15 is 0 Å². The standard InChI is InChI=1S/C15H20N2O3/c1-10-7-12(16-9-10)14(18)17-13(15(19)20)8-11-5-3-2-4-6-11/h2-6,10,12-13,16H,7-9H2,1H3,(H,17,18)(H,19,20)/t10-,12+,13+/m1/s1. The normalized spacial score (nSPS) is 23.2. The van der Waals surface area contributed by atoms with Crippen molar-refractivity contribution in [3.8, 4) is 0 Å². The first-order valence-corrected chi connectivity index (χ1v) is 6.86. The zero-order chi connectivity index (χ0) is 14.5. The van der Waals surface area contributed by atoms with Gasteiger partial charge in [-0.25, -0.2) is 4.79 Å². The first kappa shape index (κ1) is 14.5. The first-order chi connectivity index (χ1) is 9.56. The second-order valence-corrected chi connectivity index (χ2v) is 5.39. The van der Waals surface area contributed by atoms with Gasteiger partial charge in [-0.05, 0) is 24.4 Å². The Bertz CT molecular complexity index is 475. The van der Waals surface area contributed by atoms with Crippen LogP contribution in [0.3, 0.4) is 0 Å². The minimum atomic E-state index is -1.01. The highest BCUT2D eigenvalue weighted by Crippen LogP contribution is 2.13. The van der Waals surface area contributed by atoms with Gasteiger partial charge in [0.25, 0.3) is 0 Å². The number of rotatable bonds is 5. The van der Waals surface area contributed by atoms with Crippen molar-refractivity contribution >= 4 is 11.9 Å². The lowest BCUT2D eigenvalue weighted by molar-refractivity contribution is -0.142. The summed E-state index contributed by atoms with van der Waals surface area (Å²) >= 11 is 0. The van der Waals surface area contributed by atoms with Gasteiger partial charge in [-0.15, -0.1) is 0 Å². The molecule has 1 aromatic rings. The lowest BCUT2D eigenvalue weighted by Crippen LogP contribution is -2.49. The molecule has 1 saturated heterocycles. The molecule has 2 rings (SSSR count). The van der Waals surface area contributed by atoms with Crippen LogP contribution >= 0.6 is 0 Å². The molecule has 1 heterocycles. The second kappa shape index (κ2) is 6.52. The van der Waals surface area contributed by atoms with Crippen molar-refractivity contribution in [2.24, 2.45) is 5.92 Å².